The highest BCUT2D eigenvalue weighted by molar-refractivity contribution is 6.38. The third-order valence-electron chi connectivity index (χ3n) is 1.79. The molecule has 0 bridgehead atoms. The summed E-state index contributed by atoms with van der Waals surface area (Å²) in [6.45, 7) is 0. The van der Waals surface area contributed by atoms with Crippen molar-refractivity contribution < 1.29 is 9.59 Å². The second-order valence-electron chi connectivity index (χ2n) is 2.91. The summed E-state index contributed by atoms with van der Waals surface area (Å²) in [6.07, 6.45) is 1.27. The topological polar surface area (TPSA) is 70.6 Å². The average molecular weight is 274 g/mol. The quantitative estimate of drug-likeness (QED) is 0.483. The molecule has 0 unspecified atom stereocenters. The zero-order chi connectivity index (χ0) is 12.8. The minimum absolute atomic E-state index is 0.399. The molecule has 7 heteroatoms. The smallest absolute Gasteiger partial charge is 0.329 e. The van der Waals surface area contributed by atoms with Gasteiger partial charge in [0, 0.05) is 12.6 Å². The lowest BCUT2D eigenvalue weighted by Crippen LogP contribution is -2.35. The predicted molar refractivity (Wildman–Crippen MR) is 66.3 cm³/mol. The first kappa shape index (κ1) is 13.5. The second kappa shape index (κ2) is 6.22. The number of likely N-dealkylation sites (N-methyl/N-ethyl adjacent to an activating group) is 1. The minimum Gasteiger partial charge on any atom is -0.351 e. The van der Waals surface area contributed by atoms with E-state index in [1.807, 2.05) is 5.43 Å². The van der Waals surface area contributed by atoms with Gasteiger partial charge in [0.05, 0.1) is 16.3 Å². The zero-order valence-corrected chi connectivity index (χ0v) is 10.3. The van der Waals surface area contributed by atoms with Crippen molar-refractivity contribution in [2.24, 2.45) is 5.10 Å². The van der Waals surface area contributed by atoms with Crippen LogP contribution >= 0.6 is 23.2 Å². The number of nitrogens with one attached hydrogen (secondary N) is 2. The molecule has 0 saturated carbocycles. The molecule has 0 spiro atoms. The molecule has 0 radical (unpaired) electrons. The molecular formula is C10H9Cl2N3O2. The van der Waals surface area contributed by atoms with Gasteiger partial charge in [-0.2, -0.15) is 5.10 Å². The molecule has 1 aromatic carbocycles. The van der Waals surface area contributed by atoms with Gasteiger partial charge in [0.1, 0.15) is 0 Å². The summed E-state index contributed by atoms with van der Waals surface area (Å²) in [7, 11) is 1.34. The standard InChI is InChI=1S/C10H9Cl2N3O2/c1-13-9(16)10(17)15-14-5-6-7(11)3-2-4-8(6)12/h2-5H,1H3,(H,13,16)(H,15,17)/b14-5-. The van der Waals surface area contributed by atoms with E-state index in [1.54, 1.807) is 18.2 Å². The Bertz CT molecular complexity index is 454. The Morgan fingerprint density at radius 3 is 2.35 bits per heavy atom. The van der Waals surface area contributed by atoms with Crippen molar-refractivity contribution in [3.05, 3.63) is 33.8 Å². The summed E-state index contributed by atoms with van der Waals surface area (Å²) in [5, 5.41) is 6.53. The fourth-order valence-electron chi connectivity index (χ4n) is 0.954. The zero-order valence-electron chi connectivity index (χ0n) is 8.83. The molecule has 17 heavy (non-hydrogen) atoms. The number of rotatable bonds is 2. The van der Waals surface area contributed by atoms with Crippen LogP contribution in [-0.2, 0) is 9.59 Å². The highest BCUT2D eigenvalue weighted by atomic mass is 35.5. The van der Waals surface area contributed by atoms with Gasteiger partial charge in [-0.25, -0.2) is 5.43 Å². The Morgan fingerprint density at radius 2 is 1.82 bits per heavy atom. The van der Waals surface area contributed by atoms with Crippen LogP contribution in [0.1, 0.15) is 5.56 Å². The summed E-state index contributed by atoms with van der Waals surface area (Å²) < 4.78 is 0. The number of benzene rings is 1. The number of amides is 2. The molecular weight excluding hydrogens is 265 g/mol. The summed E-state index contributed by atoms with van der Waals surface area (Å²) >= 11 is 11.7. The van der Waals surface area contributed by atoms with E-state index in [0.717, 1.165) is 0 Å². The largest absolute Gasteiger partial charge is 0.351 e. The van der Waals surface area contributed by atoms with E-state index < -0.39 is 11.8 Å². The van der Waals surface area contributed by atoms with Crippen LogP contribution in [0.4, 0.5) is 0 Å². The van der Waals surface area contributed by atoms with Crippen molar-refractivity contribution >= 4 is 41.2 Å². The molecule has 0 fully saturated rings. The van der Waals surface area contributed by atoms with E-state index in [0.29, 0.717) is 15.6 Å². The van der Waals surface area contributed by atoms with Crippen LogP contribution in [0, 0.1) is 0 Å². The van der Waals surface area contributed by atoms with Crippen molar-refractivity contribution in [2.75, 3.05) is 7.05 Å². The monoisotopic (exact) mass is 273 g/mol. The molecule has 1 rings (SSSR count). The molecule has 0 aliphatic heterocycles. The highest BCUT2D eigenvalue weighted by Gasteiger charge is 2.09. The molecule has 0 aliphatic carbocycles. The fourth-order valence-corrected chi connectivity index (χ4v) is 1.45. The highest BCUT2D eigenvalue weighted by Crippen LogP contribution is 2.21. The second-order valence-corrected chi connectivity index (χ2v) is 3.73. The number of hydrogen-bond acceptors (Lipinski definition) is 3. The number of hydrazone groups is 1. The van der Waals surface area contributed by atoms with Crippen molar-refractivity contribution in [3.63, 3.8) is 0 Å². The van der Waals surface area contributed by atoms with Gasteiger partial charge in [-0.3, -0.25) is 9.59 Å². The van der Waals surface area contributed by atoms with Crippen LogP contribution < -0.4 is 10.7 Å². The van der Waals surface area contributed by atoms with Crippen LogP contribution in [0.15, 0.2) is 23.3 Å². The van der Waals surface area contributed by atoms with Gasteiger partial charge in [-0.15, -0.1) is 0 Å². The third-order valence-corrected chi connectivity index (χ3v) is 2.45. The number of nitrogens with zero attached hydrogens (tertiary/aromatic N) is 1. The number of hydrogen-bond donors (Lipinski definition) is 2. The summed E-state index contributed by atoms with van der Waals surface area (Å²) in [5.74, 6) is -1.65. The third kappa shape index (κ3) is 3.72. The maximum absolute atomic E-state index is 11.0. The first-order valence-electron chi connectivity index (χ1n) is 4.55. The van der Waals surface area contributed by atoms with Crippen LogP contribution in [0.2, 0.25) is 10.0 Å². The van der Waals surface area contributed by atoms with Crippen LogP contribution in [0.25, 0.3) is 0 Å². The summed E-state index contributed by atoms with van der Waals surface area (Å²) in [6, 6.07) is 4.95. The van der Waals surface area contributed by atoms with E-state index in [4.69, 9.17) is 23.2 Å². The maximum Gasteiger partial charge on any atom is 0.329 e. The van der Waals surface area contributed by atoms with Gasteiger partial charge < -0.3 is 5.32 Å². The van der Waals surface area contributed by atoms with E-state index >= 15 is 0 Å². The maximum atomic E-state index is 11.0. The first-order valence-corrected chi connectivity index (χ1v) is 5.31. The lowest BCUT2D eigenvalue weighted by molar-refractivity contribution is -0.138. The van der Waals surface area contributed by atoms with Gasteiger partial charge in [0.25, 0.3) is 0 Å². The van der Waals surface area contributed by atoms with Crippen molar-refractivity contribution in [1.29, 1.82) is 0 Å². The van der Waals surface area contributed by atoms with E-state index in [2.05, 4.69) is 10.4 Å². The van der Waals surface area contributed by atoms with Crippen LogP contribution in [0.3, 0.4) is 0 Å². The molecule has 1 aromatic rings. The van der Waals surface area contributed by atoms with Gasteiger partial charge >= 0.3 is 11.8 Å². The average Bonchev–Trinajstić information content (AvgIpc) is 2.31. The SMILES string of the molecule is CNC(=O)C(=O)N/N=C\c1c(Cl)cccc1Cl. The van der Waals surface area contributed by atoms with Crippen molar-refractivity contribution in [1.82, 2.24) is 10.7 Å². The molecule has 90 valence electrons. The lowest BCUT2D eigenvalue weighted by Gasteiger charge is -2.00. The Labute approximate surface area is 108 Å². The molecule has 2 N–H and O–H groups in total. The van der Waals surface area contributed by atoms with Crippen molar-refractivity contribution in [3.8, 4) is 0 Å². The predicted octanol–water partition coefficient (Wildman–Crippen LogP) is 1.19. The first-order chi connectivity index (χ1) is 8.06. The Balaban J connectivity index is 2.72. The van der Waals surface area contributed by atoms with Gasteiger partial charge in [0.15, 0.2) is 0 Å². The molecule has 0 heterocycles. The van der Waals surface area contributed by atoms with E-state index in [-0.39, 0.29) is 0 Å². The minimum atomic E-state index is -0.869. The number of carbonyl (C=O) groups is 2. The van der Waals surface area contributed by atoms with Gasteiger partial charge in [-0.1, -0.05) is 29.3 Å². The fraction of sp³-hybridized carbons (Fsp3) is 0.100. The Kier molecular flexibility index (Phi) is 4.93. The Morgan fingerprint density at radius 1 is 1.24 bits per heavy atom. The molecule has 0 atom stereocenters. The summed E-state index contributed by atoms with van der Waals surface area (Å²) in [5.41, 5.74) is 2.50. The Hall–Kier alpha value is -1.59. The van der Waals surface area contributed by atoms with Crippen molar-refractivity contribution in [2.45, 2.75) is 0 Å². The molecule has 0 aromatic heterocycles. The molecule has 0 saturated heterocycles. The molecule has 2 amide bonds. The number of halogens is 2. The normalized spacial score (nSPS) is 10.3. The number of carbonyl (C=O) groups excluding carboxylic acids is 2. The lowest BCUT2D eigenvalue weighted by atomic mass is 10.2. The van der Waals surface area contributed by atoms with E-state index in [1.165, 1.54) is 13.3 Å². The van der Waals surface area contributed by atoms with Crippen LogP contribution in [0.5, 0.6) is 0 Å². The summed E-state index contributed by atoms with van der Waals surface area (Å²) in [4.78, 5) is 21.9. The van der Waals surface area contributed by atoms with E-state index in [9.17, 15) is 9.59 Å². The molecule has 5 nitrogen and oxygen atoms in total. The van der Waals surface area contributed by atoms with Gasteiger partial charge in [-0.05, 0) is 12.1 Å². The molecule has 0 aliphatic rings. The van der Waals surface area contributed by atoms with Crippen LogP contribution in [-0.4, -0.2) is 25.1 Å². The van der Waals surface area contributed by atoms with Gasteiger partial charge in [0.2, 0.25) is 0 Å².